The van der Waals surface area contributed by atoms with E-state index in [0.29, 0.717) is 10.2 Å². The quantitative estimate of drug-likeness (QED) is 0.583. The van der Waals surface area contributed by atoms with Crippen molar-refractivity contribution < 1.29 is 9.59 Å². The standard InChI is InChI=1S/C13H15N5O2S/c1-8-6-9(2)18(17-8)7-11(19)15-16-12(20)10-4-3-5-14-13(10)21/h3-6H,7H2,1-2H3,(H,14,21)(H,15,19)(H,16,20). The summed E-state index contributed by atoms with van der Waals surface area (Å²) in [4.78, 5) is 26.4. The Kier molecular flexibility index (Phi) is 4.49. The molecule has 0 unspecified atom stereocenters. The molecule has 3 N–H and O–H groups in total. The van der Waals surface area contributed by atoms with Gasteiger partial charge in [-0.3, -0.25) is 25.1 Å². The zero-order valence-corrected chi connectivity index (χ0v) is 12.5. The Morgan fingerprint density at radius 1 is 1.38 bits per heavy atom. The maximum absolute atomic E-state index is 11.9. The third-order valence-electron chi connectivity index (χ3n) is 2.77. The number of pyridine rings is 1. The van der Waals surface area contributed by atoms with Gasteiger partial charge in [0.25, 0.3) is 11.8 Å². The first kappa shape index (κ1) is 14.9. The third-order valence-corrected chi connectivity index (χ3v) is 3.11. The highest BCUT2D eigenvalue weighted by atomic mass is 32.1. The van der Waals surface area contributed by atoms with Crippen LogP contribution in [0.15, 0.2) is 24.4 Å². The lowest BCUT2D eigenvalue weighted by Gasteiger charge is -2.08. The van der Waals surface area contributed by atoms with E-state index in [2.05, 4.69) is 20.9 Å². The van der Waals surface area contributed by atoms with Crippen LogP contribution in [0.2, 0.25) is 0 Å². The molecule has 0 radical (unpaired) electrons. The van der Waals surface area contributed by atoms with Crippen LogP contribution in [-0.2, 0) is 11.3 Å². The first-order valence-corrected chi connectivity index (χ1v) is 6.66. The molecule has 2 rings (SSSR count). The topological polar surface area (TPSA) is 91.8 Å². The number of aromatic nitrogens is 3. The maximum Gasteiger partial charge on any atom is 0.272 e. The SMILES string of the molecule is Cc1cc(C)n(CC(=O)NNC(=O)c2ccc[nH]c2=S)n1. The molecular formula is C13H15N5O2S. The lowest BCUT2D eigenvalue weighted by atomic mass is 10.3. The number of hydrogen-bond donors (Lipinski definition) is 3. The molecule has 7 nitrogen and oxygen atoms in total. The minimum absolute atomic E-state index is 0.0294. The number of amides is 2. The fourth-order valence-corrected chi connectivity index (χ4v) is 2.03. The number of carbonyl (C=O) groups excluding carboxylic acids is 2. The molecule has 2 aromatic rings. The third kappa shape index (κ3) is 3.76. The van der Waals surface area contributed by atoms with Crippen molar-refractivity contribution in [1.29, 1.82) is 0 Å². The van der Waals surface area contributed by atoms with Crippen LogP contribution in [0.1, 0.15) is 21.7 Å². The number of aryl methyl sites for hydroxylation is 2. The van der Waals surface area contributed by atoms with Crippen LogP contribution in [0.3, 0.4) is 0 Å². The summed E-state index contributed by atoms with van der Waals surface area (Å²) >= 11 is 4.99. The molecule has 0 aromatic carbocycles. The molecule has 0 fully saturated rings. The van der Waals surface area contributed by atoms with Crippen molar-refractivity contribution in [2.24, 2.45) is 0 Å². The van der Waals surface area contributed by atoms with E-state index in [-0.39, 0.29) is 12.5 Å². The van der Waals surface area contributed by atoms with E-state index in [4.69, 9.17) is 12.2 Å². The number of carbonyl (C=O) groups is 2. The second-order valence-electron chi connectivity index (χ2n) is 4.50. The predicted octanol–water partition coefficient (Wildman–Crippen LogP) is 1.02. The highest BCUT2D eigenvalue weighted by Crippen LogP contribution is 2.01. The lowest BCUT2D eigenvalue weighted by molar-refractivity contribution is -0.122. The Morgan fingerprint density at radius 3 is 2.76 bits per heavy atom. The summed E-state index contributed by atoms with van der Waals surface area (Å²) in [5, 5.41) is 4.17. The van der Waals surface area contributed by atoms with E-state index in [1.807, 2.05) is 19.9 Å². The molecule has 8 heteroatoms. The summed E-state index contributed by atoms with van der Waals surface area (Å²) in [5.41, 5.74) is 6.65. The van der Waals surface area contributed by atoms with Gasteiger partial charge in [-0.25, -0.2) is 0 Å². The minimum atomic E-state index is -0.474. The molecule has 0 aliphatic rings. The molecule has 2 amide bonds. The molecule has 0 saturated heterocycles. The average Bonchev–Trinajstić information content (AvgIpc) is 2.74. The van der Waals surface area contributed by atoms with Gasteiger partial charge in [-0.15, -0.1) is 0 Å². The zero-order chi connectivity index (χ0) is 15.4. The molecule has 0 aliphatic heterocycles. The predicted molar refractivity (Wildman–Crippen MR) is 78.9 cm³/mol. The van der Waals surface area contributed by atoms with Crippen LogP contribution >= 0.6 is 12.2 Å². The Bertz CT molecular complexity index is 734. The van der Waals surface area contributed by atoms with Crippen molar-refractivity contribution in [1.82, 2.24) is 25.6 Å². The fraction of sp³-hybridized carbons (Fsp3) is 0.231. The molecule has 110 valence electrons. The van der Waals surface area contributed by atoms with Crippen LogP contribution < -0.4 is 10.9 Å². The smallest absolute Gasteiger partial charge is 0.272 e. The molecule has 0 aliphatic carbocycles. The Morgan fingerprint density at radius 2 is 2.14 bits per heavy atom. The number of hydrazine groups is 1. The van der Waals surface area contributed by atoms with Gasteiger partial charge in [0.15, 0.2) is 0 Å². The van der Waals surface area contributed by atoms with Gasteiger partial charge in [0.05, 0.1) is 11.3 Å². The van der Waals surface area contributed by atoms with Crippen LogP contribution in [-0.4, -0.2) is 26.6 Å². The molecule has 0 bridgehead atoms. The van der Waals surface area contributed by atoms with Crippen molar-refractivity contribution in [2.45, 2.75) is 20.4 Å². The van der Waals surface area contributed by atoms with Crippen molar-refractivity contribution in [3.8, 4) is 0 Å². The van der Waals surface area contributed by atoms with Gasteiger partial charge in [0.2, 0.25) is 0 Å². The highest BCUT2D eigenvalue weighted by Gasteiger charge is 2.10. The summed E-state index contributed by atoms with van der Waals surface area (Å²) in [6, 6.07) is 5.10. The summed E-state index contributed by atoms with van der Waals surface area (Å²) in [5.74, 6) is -0.848. The number of aromatic amines is 1. The van der Waals surface area contributed by atoms with Gasteiger partial charge >= 0.3 is 0 Å². The van der Waals surface area contributed by atoms with Crippen molar-refractivity contribution in [3.63, 3.8) is 0 Å². The highest BCUT2D eigenvalue weighted by molar-refractivity contribution is 7.71. The van der Waals surface area contributed by atoms with Crippen LogP contribution in [0.4, 0.5) is 0 Å². The molecule has 0 saturated carbocycles. The molecule has 2 heterocycles. The Hall–Kier alpha value is -2.48. The van der Waals surface area contributed by atoms with Crippen molar-refractivity contribution >= 4 is 24.0 Å². The van der Waals surface area contributed by atoms with Gasteiger partial charge in [-0.1, -0.05) is 12.2 Å². The van der Waals surface area contributed by atoms with E-state index in [1.165, 1.54) is 0 Å². The summed E-state index contributed by atoms with van der Waals surface area (Å²) in [7, 11) is 0. The number of nitrogens with one attached hydrogen (secondary N) is 3. The van der Waals surface area contributed by atoms with E-state index in [1.54, 1.807) is 23.0 Å². The largest absolute Gasteiger partial charge is 0.352 e. The number of nitrogens with zero attached hydrogens (tertiary/aromatic N) is 2. The normalized spacial score (nSPS) is 10.2. The number of H-pyrrole nitrogens is 1. The Balaban J connectivity index is 1.93. The van der Waals surface area contributed by atoms with E-state index in [0.717, 1.165) is 11.4 Å². The molecule has 21 heavy (non-hydrogen) atoms. The molecule has 0 spiro atoms. The van der Waals surface area contributed by atoms with Gasteiger partial charge in [-0.2, -0.15) is 5.10 Å². The van der Waals surface area contributed by atoms with Gasteiger partial charge in [-0.05, 0) is 32.0 Å². The van der Waals surface area contributed by atoms with Crippen LogP contribution in [0.5, 0.6) is 0 Å². The van der Waals surface area contributed by atoms with Gasteiger partial charge < -0.3 is 4.98 Å². The van der Waals surface area contributed by atoms with Crippen molar-refractivity contribution in [2.75, 3.05) is 0 Å². The maximum atomic E-state index is 11.9. The second-order valence-corrected chi connectivity index (χ2v) is 4.91. The lowest BCUT2D eigenvalue weighted by Crippen LogP contribution is -2.43. The van der Waals surface area contributed by atoms with E-state index < -0.39 is 5.91 Å². The zero-order valence-electron chi connectivity index (χ0n) is 11.6. The molecular weight excluding hydrogens is 290 g/mol. The fourth-order valence-electron chi connectivity index (χ4n) is 1.80. The number of hydrogen-bond acceptors (Lipinski definition) is 4. The van der Waals surface area contributed by atoms with Gasteiger partial charge in [0.1, 0.15) is 11.2 Å². The monoisotopic (exact) mass is 305 g/mol. The average molecular weight is 305 g/mol. The minimum Gasteiger partial charge on any atom is -0.352 e. The second kappa shape index (κ2) is 6.31. The summed E-state index contributed by atoms with van der Waals surface area (Å²) < 4.78 is 1.87. The number of rotatable bonds is 3. The van der Waals surface area contributed by atoms with E-state index >= 15 is 0 Å². The summed E-state index contributed by atoms with van der Waals surface area (Å²) in [6.07, 6.45) is 1.63. The van der Waals surface area contributed by atoms with Crippen molar-refractivity contribution in [3.05, 3.63) is 46.0 Å². The first-order chi connectivity index (χ1) is 9.97. The van der Waals surface area contributed by atoms with Crippen LogP contribution in [0.25, 0.3) is 0 Å². The molecule has 0 atom stereocenters. The van der Waals surface area contributed by atoms with E-state index in [9.17, 15) is 9.59 Å². The molecule has 2 aromatic heterocycles. The van der Waals surface area contributed by atoms with Gasteiger partial charge in [0, 0.05) is 11.9 Å². The first-order valence-electron chi connectivity index (χ1n) is 6.25. The Labute approximate surface area is 126 Å². The summed E-state index contributed by atoms with van der Waals surface area (Å²) in [6.45, 7) is 3.73. The van der Waals surface area contributed by atoms with Crippen LogP contribution in [0, 0.1) is 18.5 Å².